The van der Waals surface area contributed by atoms with Crippen molar-refractivity contribution in [3.05, 3.63) is 11.8 Å². The molecule has 2 rings (SSSR count). The van der Waals surface area contributed by atoms with Gasteiger partial charge in [-0.15, -0.1) is 0 Å². The Kier molecular flexibility index (Phi) is 1.71. The zero-order valence-electron chi connectivity index (χ0n) is 7.71. The number of carbonyl (C=O) groups excluding carboxylic acids is 1. The zero-order valence-corrected chi connectivity index (χ0v) is 7.71. The molecule has 2 aliphatic heterocycles. The second-order valence-corrected chi connectivity index (χ2v) is 3.98. The first-order chi connectivity index (χ1) is 5.68. The van der Waals surface area contributed by atoms with E-state index < -0.39 is 0 Å². The second kappa shape index (κ2) is 2.61. The predicted molar refractivity (Wildman–Crippen MR) is 47.4 cm³/mol. The van der Waals surface area contributed by atoms with E-state index in [9.17, 15) is 4.79 Å². The Hall–Kier alpha value is -0.790. The molecule has 66 valence electrons. The molecule has 2 nitrogen and oxygen atoms in total. The molecule has 0 aromatic rings. The van der Waals surface area contributed by atoms with Gasteiger partial charge in [0.05, 0.1) is 0 Å². The van der Waals surface area contributed by atoms with Gasteiger partial charge in [0.25, 0.3) is 0 Å². The highest BCUT2D eigenvalue weighted by Crippen LogP contribution is 2.32. The van der Waals surface area contributed by atoms with Gasteiger partial charge in [-0.25, -0.2) is 0 Å². The number of fused-ring (bicyclic) bond motifs is 1. The van der Waals surface area contributed by atoms with Gasteiger partial charge >= 0.3 is 0 Å². The summed E-state index contributed by atoms with van der Waals surface area (Å²) in [5, 5.41) is 0. The molecule has 0 aliphatic carbocycles. The van der Waals surface area contributed by atoms with E-state index in [4.69, 9.17) is 0 Å². The average Bonchev–Trinajstić information content (AvgIpc) is 2.31. The third-order valence-corrected chi connectivity index (χ3v) is 2.87. The smallest absolute Gasteiger partial charge is 0.227 e. The maximum atomic E-state index is 11.4. The number of allylic oxidation sites excluding steroid dienone is 2. The van der Waals surface area contributed by atoms with Crippen molar-refractivity contribution in [3.63, 3.8) is 0 Å². The molecule has 2 aliphatic rings. The molecule has 2 atom stereocenters. The Morgan fingerprint density at radius 1 is 1.58 bits per heavy atom. The van der Waals surface area contributed by atoms with Gasteiger partial charge in [-0.1, -0.05) is 13.0 Å². The predicted octanol–water partition coefficient (Wildman–Crippen LogP) is 1.92. The van der Waals surface area contributed by atoms with Crippen molar-refractivity contribution < 1.29 is 4.79 Å². The molecule has 0 bridgehead atoms. The first-order valence-electron chi connectivity index (χ1n) is 4.69. The fraction of sp³-hybridized carbons (Fsp3) is 0.700. The maximum Gasteiger partial charge on any atom is 0.227 e. The van der Waals surface area contributed by atoms with Gasteiger partial charge in [-0.3, -0.25) is 4.79 Å². The molecule has 0 spiro atoms. The van der Waals surface area contributed by atoms with Crippen molar-refractivity contribution in [2.75, 3.05) is 0 Å². The Labute approximate surface area is 73.2 Å². The highest BCUT2D eigenvalue weighted by atomic mass is 16.2. The summed E-state index contributed by atoms with van der Waals surface area (Å²) in [6, 6.07) is 0.512. The van der Waals surface area contributed by atoms with Crippen molar-refractivity contribution in [2.45, 2.75) is 39.2 Å². The molecule has 2 heteroatoms. The van der Waals surface area contributed by atoms with Gasteiger partial charge in [-0.05, 0) is 25.7 Å². The standard InChI is InChI=1S/C10H15NO/c1-7-5-8(2)11-9(6-7)3-4-10(11)12/h5,7,9H,3-4,6H2,1-2H3/t7-,9+/m1/s1. The number of nitrogens with zero attached hydrogens (tertiary/aromatic N) is 1. The Morgan fingerprint density at radius 2 is 2.33 bits per heavy atom. The van der Waals surface area contributed by atoms with E-state index in [-0.39, 0.29) is 0 Å². The third kappa shape index (κ3) is 1.06. The normalized spacial score (nSPS) is 35.0. The minimum absolute atomic E-state index is 0.320. The van der Waals surface area contributed by atoms with Crippen LogP contribution in [0.15, 0.2) is 11.8 Å². The minimum atomic E-state index is 0.320. The molecule has 0 aromatic heterocycles. The lowest BCUT2D eigenvalue weighted by molar-refractivity contribution is -0.127. The third-order valence-electron chi connectivity index (χ3n) is 2.87. The van der Waals surface area contributed by atoms with Gasteiger partial charge in [-0.2, -0.15) is 0 Å². The van der Waals surface area contributed by atoms with Crippen molar-refractivity contribution in [3.8, 4) is 0 Å². The lowest BCUT2D eigenvalue weighted by Crippen LogP contribution is -2.35. The van der Waals surface area contributed by atoms with Crippen LogP contribution in [0.3, 0.4) is 0 Å². The number of hydrogen-bond donors (Lipinski definition) is 0. The summed E-state index contributed by atoms with van der Waals surface area (Å²) >= 11 is 0. The second-order valence-electron chi connectivity index (χ2n) is 3.98. The molecular weight excluding hydrogens is 150 g/mol. The van der Waals surface area contributed by atoms with Crippen LogP contribution < -0.4 is 0 Å². The van der Waals surface area contributed by atoms with Gasteiger partial charge in [0.2, 0.25) is 5.91 Å². The number of rotatable bonds is 0. The highest BCUT2D eigenvalue weighted by Gasteiger charge is 2.35. The van der Waals surface area contributed by atoms with Crippen LogP contribution in [-0.2, 0) is 4.79 Å². The highest BCUT2D eigenvalue weighted by molar-refractivity contribution is 5.80. The van der Waals surface area contributed by atoms with Crippen LogP contribution in [0.2, 0.25) is 0 Å². The summed E-state index contributed by atoms with van der Waals surface area (Å²) in [4.78, 5) is 13.4. The van der Waals surface area contributed by atoms with E-state index in [0.29, 0.717) is 17.9 Å². The lowest BCUT2D eigenvalue weighted by atomic mass is 9.95. The molecular formula is C10H15NO. The largest absolute Gasteiger partial charge is 0.314 e. The molecule has 2 heterocycles. The molecule has 0 N–H and O–H groups in total. The fourth-order valence-corrected chi connectivity index (χ4v) is 2.44. The van der Waals surface area contributed by atoms with Crippen LogP contribution in [0.1, 0.15) is 33.1 Å². The van der Waals surface area contributed by atoms with Crippen molar-refractivity contribution >= 4 is 5.91 Å². The Bertz CT molecular complexity index is 244. The van der Waals surface area contributed by atoms with Gasteiger partial charge in [0.1, 0.15) is 0 Å². The molecule has 0 saturated carbocycles. The van der Waals surface area contributed by atoms with Crippen LogP contribution in [0, 0.1) is 5.92 Å². The number of hydrogen-bond acceptors (Lipinski definition) is 1. The molecule has 1 saturated heterocycles. The topological polar surface area (TPSA) is 20.3 Å². The van der Waals surface area contributed by atoms with Crippen molar-refractivity contribution in [1.29, 1.82) is 0 Å². The van der Waals surface area contributed by atoms with E-state index in [1.54, 1.807) is 0 Å². The monoisotopic (exact) mass is 165 g/mol. The lowest BCUT2D eigenvalue weighted by Gasteiger charge is -2.32. The fourth-order valence-electron chi connectivity index (χ4n) is 2.44. The van der Waals surface area contributed by atoms with Crippen LogP contribution >= 0.6 is 0 Å². The van der Waals surface area contributed by atoms with E-state index in [1.807, 2.05) is 11.8 Å². The first kappa shape index (κ1) is 7.84. The van der Waals surface area contributed by atoms with Crippen molar-refractivity contribution in [1.82, 2.24) is 4.90 Å². The summed E-state index contributed by atoms with van der Waals surface area (Å²) in [5.41, 5.74) is 1.17. The molecule has 0 radical (unpaired) electrons. The van der Waals surface area contributed by atoms with Crippen LogP contribution in [0.4, 0.5) is 0 Å². The molecule has 1 amide bonds. The number of carbonyl (C=O) groups is 1. The van der Waals surface area contributed by atoms with Gasteiger partial charge in [0, 0.05) is 18.2 Å². The van der Waals surface area contributed by atoms with E-state index in [0.717, 1.165) is 19.3 Å². The zero-order chi connectivity index (χ0) is 8.72. The van der Waals surface area contributed by atoms with E-state index in [1.165, 1.54) is 5.70 Å². The molecule has 0 unspecified atom stereocenters. The summed E-state index contributed by atoms with van der Waals surface area (Å²) in [5.74, 6) is 0.970. The van der Waals surface area contributed by atoms with Gasteiger partial charge < -0.3 is 4.90 Å². The molecule has 1 fully saturated rings. The van der Waals surface area contributed by atoms with Crippen LogP contribution in [0.5, 0.6) is 0 Å². The van der Waals surface area contributed by atoms with Gasteiger partial charge in [0.15, 0.2) is 0 Å². The van der Waals surface area contributed by atoms with E-state index >= 15 is 0 Å². The average molecular weight is 165 g/mol. The summed E-state index contributed by atoms with van der Waals surface area (Å²) < 4.78 is 0. The summed E-state index contributed by atoms with van der Waals surface area (Å²) in [7, 11) is 0. The molecule has 0 aromatic carbocycles. The minimum Gasteiger partial charge on any atom is -0.314 e. The summed E-state index contributed by atoms with van der Waals surface area (Å²) in [6.07, 6.45) is 5.18. The molecule has 12 heavy (non-hydrogen) atoms. The van der Waals surface area contributed by atoms with Crippen LogP contribution in [0.25, 0.3) is 0 Å². The van der Waals surface area contributed by atoms with Crippen molar-refractivity contribution in [2.24, 2.45) is 5.92 Å². The Balaban J connectivity index is 2.28. The Morgan fingerprint density at radius 3 is 3.08 bits per heavy atom. The SMILES string of the molecule is CC1=C[C@@H](C)C[C@@H]2CCC(=O)N12. The van der Waals surface area contributed by atoms with E-state index in [2.05, 4.69) is 13.0 Å². The first-order valence-corrected chi connectivity index (χ1v) is 4.69. The quantitative estimate of drug-likeness (QED) is 0.537. The number of amides is 1. The summed E-state index contributed by atoms with van der Waals surface area (Å²) in [6.45, 7) is 4.27. The maximum absolute atomic E-state index is 11.4. The van der Waals surface area contributed by atoms with Crippen LogP contribution in [-0.4, -0.2) is 16.8 Å².